The van der Waals surface area contributed by atoms with E-state index in [9.17, 15) is 17.8 Å². The number of carbonyl (C=O) groups excluding carboxylic acids is 1. The Kier molecular flexibility index (Phi) is 7.79. The number of Topliss-reactive ketones (excluding diaryl/α,β-unsaturated/α-hetero) is 1. The van der Waals surface area contributed by atoms with Crippen molar-refractivity contribution >= 4 is 38.6 Å². The van der Waals surface area contributed by atoms with Crippen molar-refractivity contribution in [3.8, 4) is 0 Å². The molecule has 0 saturated carbocycles. The van der Waals surface area contributed by atoms with E-state index in [4.69, 9.17) is 0 Å². The molecule has 0 spiro atoms. The molecular formula is C14H20O4S3. The normalized spacial score (nSPS) is 16.0. The van der Waals surface area contributed by atoms with Crippen LogP contribution in [0, 0.1) is 6.92 Å². The second kappa shape index (κ2) is 8.82. The fraction of sp³-hybridized carbons (Fsp3) is 0.500. The zero-order valence-corrected chi connectivity index (χ0v) is 14.7. The molecule has 1 fully saturated rings. The molecule has 1 aliphatic heterocycles. The van der Waals surface area contributed by atoms with Gasteiger partial charge in [-0.2, -0.15) is 11.8 Å². The summed E-state index contributed by atoms with van der Waals surface area (Å²) in [5.74, 6) is 6.33. The summed E-state index contributed by atoms with van der Waals surface area (Å²) < 4.78 is 31.2. The summed E-state index contributed by atoms with van der Waals surface area (Å²) in [4.78, 5) is 10.5. The minimum absolute atomic E-state index is 0.178. The van der Waals surface area contributed by atoms with Crippen molar-refractivity contribution in [1.29, 1.82) is 0 Å². The van der Waals surface area contributed by atoms with Crippen LogP contribution in [0.5, 0.6) is 0 Å². The lowest BCUT2D eigenvalue weighted by Gasteiger charge is -2.11. The van der Waals surface area contributed by atoms with Gasteiger partial charge in [0.05, 0.1) is 4.90 Å². The summed E-state index contributed by atoms with van der Waals surface area (Å²) in [6.45, 7) is 3.52. The van der Waals surface area contributed by atoms with Crippen LogP contribution >= 0.6 is 11.8 Å². The van der Waals surface area contributed by atoms with Crippen molar-refractivity contribution in [2.24, 2.45) is 0 Å². The highest BCUT2D eigenvalue weighted by atomic mass is 32.2. The summed E-state index contributed by atoms with van der Waals surface area (Å²) in [5.41, 5.74) is 0.928. The maximum Gasteiger partial charge on any atom is 0.178 e. The number of hydrogen-bond donors (Lipinski definition) is 0. The summed E-state index contributed by atoms with van der Waals surface area (Å²) in [5, 5.41) is 0. The van der Waals surface area contributed by atoms with E-state index in [1.165, 1.54) is 35.1 Å². The highest BCUT2D eigenvalue weighted by Crippen LogP contribution is 2.13. The molecule has 1 heterocycles. The molecule has 0 bridgehead atoms. The average Bonchev–Trinajstić information content (AvgIpc) is 2.39. The van der Waals surface area contributed by atoms with Gasteiger partial charge in [0.25, 0.3) is 0 Å². The molecule has 1 saturated heterocycles. The molecule has 7 heteroatoms. The van der Waals surface area contributed by atoms with Gasteiger partial charge in [-0.25, -0.2) is 8.42 Å². The lowest BCUT2D eigenvalue weighted by atomic mass is 10.2. The molecule has 2 rings (SSSR count). The van der Waals surface area contributed by atoms with Crippen molar-refractivity contribution in [2.45, 2.75) is 18.7 Å². The number of thioether (sulfide) groups is 1. The lowest BCUT2D eigenvalue weighted by molar-refractivity contribution is -0.114. The van der Waals surface area contributed by atoms with Crippen molar-refractivity contribution < 1.29 is 17.8 Å². The van der Waals surface area contributed by atoms with Crippen LogP contribution in [0.25, 0.3) is 0 Å². The predicted octanol–water partition coefficient (Wildman–Crippen LogP) is 1.84. The third-order valence-corrected chi connectivity index (χ3v) is 7.48. The SMILES string of the molecule is CC(=O)C[S+]1CCSCC1.Cc1ccc(S(=O)(=O)[O-])cc1. The summed E-state index contributed by atoms with van der Waals surface area (Å²) in [7, 11) is -3.81. The maximum atomic E-state index is 10.7. The predicted molar refractivity (Wildman–Crippen MR) is 89.1 cm³/mol. The number of hydrogen-bond acceptors (Lipinski definition) is 5. The lowest BCUT2D eigenvalue weighted by Crippen LogP contribution is -2.26. The Bertz CT molecular complexity index is 546. The highest BCUT2D eigenvalue weighted by molar-refractivity contribution is 8.05. The number of aryl methyl sites for hydroxylation is 1. The fourth-order valence-corrected chi connectivity index (χ4v) is 6.26. The first-order valence-corrected chi connectivity index (χ1v) is 10.8. The third kappa shape index (κ3) is 7.90. The van der Waals surface area contributed by atoms with E-state index in [1.54, 1.807) is 19.1 Å². The fourth-order valence-electron chi connectivity index (χ4n) is 1.69. The molecule has 0 aliphatic carbocycles. The van der Waals surface area contributed by atoms with Gasteiger partial charge in [-0.3, -0.25) is 4.79 Å². The van der Waals surface area contributed by atoms with Gasteiger partial charge < -0.3 is 4.55 Å². The van der Waals surface area contributed by atoms with Crippen LogP contribution in [0.4, 0.5) is 0 Å². The van der Waals surface area contributed by atoms with Gasteiger partial charge in [0.15, 0.2) is 11.5 Å². The van der Waals surface area contributed by atoms with E-state index >= 15 is 0 Å². The highest BCUT2D eigenvalue weighted by Gasteiger charge is 2.23. The third-order valence-electron chi connectivity index (χ3n) is 2.75. The van der Waals surface area contributed by atoms with Crippen LogP contribution < -0.4 is 0 Å². The number of carbonyl (C=O) groups is 1. The number of benzene rings is 1. The molecule has 1 aromatic rings. The van der Waals surface area contributed by atoms with Crippen LogP contribution in [0.1, 0.15) is 12.5 Å². The van der Waals surface area contributed by atoms with Gasteiger partial charge >= 0.3 is 0 Å². The molecule has 0 radical (unpaired) electrons. The zero-order valence-electron chi connectivity index (χ0n) is 12.2. The Morgan fingerprint density at radius 1 is 1.24 bits per heavy atom. The molecule has 118 valence electrons. The monoisotopic (exact) mass is 348 g/mol. The van der Waals surface area contributed by atoms with E-state index in [2.05, 4.69) is 0 Å². The first kappa shape index (κ1) is 18.5. The van der Waals surface area contributed by atoms with Crippen molar-refractivity contribution in [2.75, 3.05) is 28.8 Å². The van der Waals surface area contributed by atoms with Crippen LogP contribution in [0.2, 0.25) is 0 Å². The van der Waals surface area contributed by atoms with Gasteiger partial charge in [-0.15, -0.1) is 0 Å². The van der Waals surface area contributed by atoms with Gasteiger partial charge in [-0.05, 0) is 36.9 Å². The second-order valence-electron chi connectivity index (χ2n) is 4.75. The van der Waals surface area contributed by atoms with E-state index in [-0.39, 0.29) is 4.90 Å². The van der Waals surface area contributed by atoms with Crippen LogP contribution in [0.15, 0.2) is 29.2 Å². The molecule has 0 atom stereocenters. The first-order valence-electron chi connectivity index (χ1n) is 6.53. The minimum Gasteiger partial charge on any atom is -0.744 e. The van der Waals surface area contributed by atoms with E-state index in [0.29, 0.717) is 16.7 Å². The van der Waals surface area contributed by atoms with Crippen LogP contribution in [-0.2, 0) is 25.8 Å². The Morgan fingerprint density at radius 3 is 2.19 bits per heavy atom. The molecule has 4 nitrogen and oxygen atoms in total. The molecule has 0 unspecified atom stereocenters. The van der Waals surface area contributed by atoms with E-state index < -0.39 is 10.1 Å². The quantitative estimate of drug-likeness (QED) is 0.615. The molecule has 0 aromatic heterocycles. The Hall–Kier alpha value is -0.500. The Labute approximate surface area is 133 Å². The molecule has 21 heavy (non-hydrogen) atoms. The van der Waals surface area contributed by atoms with E-state index in [1.807, 2.05) is 18.7 Å². The van der Waals surface area contributed by atoms with Crippen LogP contribution in [0.3, 0.4) is 0 Å². The van der Waals surface area contributed by atoms with E-state index in [0.717, 1.165) is 11.3 Å². The molecule has 0 amide bonds. The van der Waals surface area contributed by atoms with Crippen molar-refractivity contribution in [3.63, 3.8) is 0 Å². The Balaban J connectivity index is 0.000000211. The molecular weight excluding hydrogens is 328 g/mol. The average molecular weight is 349 g/mol. The van der Waals surface area contributed by atoms with Crippen molar-refractivity contribution in [3.05, 3.63) is 29.8 Å². The standard InChI is InChI=1S/C7H8O3S.C7H13OS2/c1-6-2-4-7(5-3-6)11(8,9)10;1-7(8)6-10-4-2-9-3-5-10/h2-5H,1H3,(H,8,9,10);2-6H2,1H3/q;+1/p-1. The molecule has 0 N–H and O–H groups in total. The first-order chi connectivity index (χ1) is 9.79. The zero-order chi connectivity index (χ0) is 15.9. The van der Waals surface area contributed by atoms with Gasteiger partial charge in [-0.1, -0.05) is 17.7 Å². The van der Waals surface area contributed by atoms with Gasteiger partial charge in [0.1, 0.15) is 21.6 Å². The number of rotatable bonds is 3. The number of ketones is 1. The van der Waals surface area contributed by atoms with Crippen molar-refractivity contribution in [1.82, 2.24) is 0 Å². The van der Waals surface area contributed by atoms with Gasteiger partial charge in [0, 0.05) is 11.5 Å². The maximum absolute atomic E-state index is 10.7. The molecule has 1 aromatic carbocycles. The summed E-state index contributed by atoms with van der Waals surface area (Å²) in [6, 6.07) is 5.78. The minimum atomic E-state index is -4.27. The molecule has 1 aliphatic rings. The summed E-state index contributed by atoms with van der Waals surface area (Å²) in [6.07, 6.45) is 0. The van der Waals surface area contributed by atoms with Crippen LogP contribution in [-0.4, -0.2) is 47.5 Å². The second-order valence-corrected chi connectivity index (χ2v) is 9.68. The summed E-state index contributed by atoms with van der Waals surface area (Å²) >= 11 is 2.02. The smallest absolute Gasteiger partial charge is 0.178 e. The Morgan fingerprint density at radius 2 is 1.76 bits per heavy atom. The van der Waals surface area contributed by atoms with Gasteiger partial charge in [0.2, 0.25) is 0 Å². The largest absolute Gasteiger partial charge is 0.744 e. The topological polar surface area (TPSA) is 74.3 Å².